The second-order valence-electron chi connectivity index (χ2n) is 8.11. The molecule has 1 aromatic heterocycles. The van der Waals surface area contributed by atoms with Gasteiger partial charge in [0.25, 0.3) is 5.56 Å². The third kappa shape index (κ3) is 5.35. The molecule has 1 aliphatic rings. The summed E-state index contributed by atoms with van der Waals surface area (Å²) in [5.41, 5.74) is 0.958. The average molecular weight is 577 g/mol. The van der Waals surface area contributed by atoms with Crippen molar-refractivity contribution in [3.63, 3.8) is 0 Å². The van der Waals surface area contributed by atoms with E-state index in [1.165, 1.54) is 24.2 Å². The molecule has 1 aliphatic carbocycles. The highest BCUT2D eigenvalue weighted by molar-refractivity contribution is 9.10. The van der Waals surface area contributed by atoms with E-state index in [4.69, 9.17) is 9.72 Å². The highest BCUT2D eigenvalue weighted by Gasteiger charge is 2.23. The van der Waals surface area contributed by atoms with Gasteiger partial charge in [-0.05, 0) is 56.2 Å². The fourth-order valence-corrected chi connectivity index (χ4v) is 4.73. The number of carboxylic acids is 1. The van der Waals surface area contributed by atoms with Crippen molar-refractivity contribution in [1.29, 1.82) is 0 Å². The molecule has 0 saturated heterocycles. The highest BCUT2D eigenvalue weighted by Crippen LogP contribution is 2.32. The Morgan fingerprint density at radius 2 is 1.88 bits per heavy atom. The molecule has 7 nitrogen and oxygen atoms in total. The Hall–Kier alpha value is -2.52. The van der Waals surface area contributed by atoms with E-state index in [9.17, 15) is 14.7 Å². The van der Waals surface area contributed by atoms with Gasteiger partial charge < -0.3 is 9.84 Å². The van der Waals surface area contributed by atoms with Crippen molar-refractivity contribution in [1.82, 2.24) is 9.66 Å². The van der Waals surface area contributed by atoms with Crippen LogP contribution in [0.3, 0.4) is 0 Å². The molecule has 0 bridgehead atoms. The van der Waals surface area contributed by atoms with E-state index in [1.807, 2.05) is 12.1 Å². The van der Waals surface area contributed by atoms with Crippen LogP contribution < -0.4 is 10.3 Å². The molecular weight excluding hydrogens is 554 g/mol. The number of ether oxygens (including phenoxy) is 1. The summed E-state index contributed by atoms with van der Waals surface area (Å²) in [5.74, 6) is 0.102. The SMILES string of the molecule is C[C@@H](Oc1ccc(Br)cc1C=Nn1c(C2CCCCC2)nc2ccc(Br)cc2c1=O)C(=O)O. The Labute approximate surface area is 207 Å². The van der Waals surface area contributed by atoms with E-state index < -0.39 is 12.1 Å². The molecule has 1 N–H and O–H groups in total. The third-order valence-electron chi connectivity index (χ3n) is 5.74. The fraction of sp³-hybridized carbons (Fsp3) is 0.333. The van der Waals surface area contributed by atoms with Crippen molar-refractivity contribution in [2.45, 2.75) is 51.0 Å². The monoisotopic (exact) mass is 575 g/mol. The zero-order chi connectivity index (χ0) is 23.5. The highest BCUT2D eigenvalue weighted by atomic mass is 79.9. The van der Waals surface area contributed by atoms with Gasteiger partial charge in [-0.25, -0.2) is 9.78 Å². The van der Waals surface area contributed by atoms with Crippen molar-refractivity contribution < 1.29 is 14.6 Å². The van der Waals surface area contributed by atoms with Gasteiger partial charge in [-0.3, -0.25) is 4.79 Å². The molecule has 0 spiro atoms. The summed E-state index contributed by atoms with van der Waals surface area (Å²) in [6, 6.07) is 10.7. The van der Waals surface area contributed by atoms with Gasteiger partial charge in [-0.1, -0.05) is 51.1 Å². The molecule has 3 aromatic rings. The van der Waals surface area contributed by atoms with Gasteiger partial charge in [0.2, 0.25) is 0 Å². The van der Waals surface area contributed by atoms with E-state index >= 15 is 0 Å². The van der Waals surface area contributed by atoms with Gasteiger partial charge in [-0.15, -0.1) is 0 Å². The minimum Gasteiger partial charge on any atom is -0.479 e. The molecule has 2 aromatic carbocycles. The number of carbonyl (C=O) groups is 1. The van der Waals surface area contributed by atoms with Crippen LogP contribution in [-0.4, -0.2) is 33.1 Å². The van der Waals surface area contributed by atoms with Gasteiger partial charge in [0, 0.05) is 20.4 Å². The van der Waals surface area contributed by atoms with E-state index in [-0.39, 0.29) is 11.5 Å². The van der Waals surface area contributed by atoms with Gasteiger partial charge >= 0.3 is 5.97 Å². The fourth-order valence-electron chi connectivity index (χ4n) is 3.99. The van der Waals surface area contributed by atoms with E-state index in [0.29, 0.717) is 28.0 Å². The van der Waals surface area contributed by atoms with E-state index in [2.05, 4.69) is 37.0 Å². The lowest BCUT2D eigenvalue weighted by Crippen LogP contribution is -2.25. The number of aliphatic carboxylic acids is 1. The molecule has 0 amide bonds. The first kappa shape index (κ1) is 23.6. The van der Waals surface area contributed by atoms with Crippen molar-refractivity contribution in [3.8, 4) is 5.75 Å². The Kier molecular flexibility index (Phi) is 7.29. The van der Waals surface area contributed by atoms with Crippen LogP contribution in [0.25, 0.3) is 10.9 Å². The molecule has 1 fully saturated rings. The average Bonchev–Trinajstić information content (AvgIpc) is 2.80. The second kappa shape index (κ2) is 10.2. The molecule has 1 heterocycles. The topological polar surface area (TPSA) is 93.8 Å². The van der Waals surface area contributed by atoms with Crippen molar-refractivity contribution in [3.05, 3.63) is 67.1 Å². The van der Waals surface area contributed by atoms with E-state index in [0.717, 1.165) is 34.6 Å². The lowest BCUT2D eigenvalue weighted by atomic mass is 9.88. The van der Waals surface area contributed by atoms with Crippen LogP contribution in [0.2, 0.25) is 0 Å². The molecule has 1 saturated carbocycles. The quantitative estimate of drug-likeness (QED) is 0.380. The zero-order valence-corrected chi connectivity index (χ0v) is 21.2. The van der Waals surface area contributed by atoms with Gasteiger partial charge in [0.05, 0.1) is 17.1 Å². The summed E-state index contributed by atoms with van der Waals surface area (Å²) in [5, 5.41) is 14.2. The maximum atomic E-state index is 13.5. The Morgan fingerprint density at radius 1 is 1.18 bits per heavy atom. The van der Waals surface area contributed by atoms with Crippen LogP contribution in [0.5, 0.6) is 5.75 Å². The van der Waals surface area contributed by atoms with Crippen molar-refractivity contribution in [2.75, 3.05) is 0 Å². The number of hydrogen-bond acceptors (Lipinski definition) is 5. The zero-order valence-electron chi connectivity index (χ0n) is 18.0. The number of fused-ring (bicyclic) bond motifs is 1. The van der Waals surface area contributed by atoms with Gasteiger partial charge in [0.15, 0.2) is 6.10 Å². The number of nitrogens with zero attached hydrogens (tertiary/aromatic N) is 3. The normalized spacial score (nSPS) is 15.7. The van der Waals surface area contributed by atoms with Gasteiger partial charge in [0.1, 0.15) is 11.6 Å². The lowest BCUT2D eigenvalue weighted by molar-refractivity contribution is -0.144. The maximum absolute atomic E-state index is 13.5. The number of benzene rings is 2. The number of halogens is 2. The minimum atomic E-state index is -1.07. The molecule has 33 heavy (non-hydrogen) atoms. The standard InChI is InChI=1S/C24H23Br2N3O4/c1-14(24(31)32)33-21-10-8-17(25)11-16(21)13-27-29-22(15-5-3-2-4-6-15)28-20-9-7-18(26)12-19(20)23(29)30/h7-15H,2-6H2,1H3,(H,31,32)/t14-/m1/s1. The summed E-state index contributed by atoms with van der Waals surface area (Å²) in [6.45, 7) is 1.46. The van der Waals surface area contributed by atoms with Crippen LogP contribution in [0.4, 0.5) is 0 Å². The van der Waals surface area contributed by atoms with Crippen LogP contribution in [0, 0.1) is 0 Å². The number of aromatic nitrogens is 2. The first-order valence-electron chi connectivity index (χ1n) is 10.8. The van der Waals surface area contributed by atoms with Crippen LogP contribution in [0.1, 0.15) is 56.3 Å². The Balaban J connectivity index is 1.82. The number of carboxylic acid groups (broad SMARTS) is 1. The first-order valence-corrected chi connectivity index (χ1v) is 12.4. The maximum Gasteiger partial charge on any atom is 0.344 e. The molecule has 0 aliphatic heterocycles. The summed E-state index contributed by atoms with van der Waals surface area (Å²) in [6.07, 6.45) is 5.80. The molecule has 0 unspecified atom stereocenters. The van der Waals surface area contributed by atoms with E-state index in [1.54, 1.807) is 24.3 Å². The van der Waals surface area contributed by atoms with Gasteiger partial charge in [-0.2, -0.15) is 9.78 Å². The molecular formula is C24H23Br2N3O4. The first-order chi connectivity index (χ1) is 15.8. The number of hydrogen-bond donors (Lipinski definition) is 1. The van der Waals surface area contributed by atoms with Crippen LogP contribution in [-0.2, 0) is 4.79 Å². The molecule has 4 rings (SSSR count). The lowest BCUT2D eigenvalue weighted by Gasteiger charge is -2.22. The van der Waals surface area contributed by atoms with Crippen LogP contribution in [0.15, 0.2) is 55.2 Å². The molecule has 1 atom stereocenters. The third-order valence-corrected chi connectivity index (χ3v) is 6.73. The van der Waals surface area contributed by atoms with Crippen molar-refractivity contribution >= 4 is 54.9 Å². The molecule has 172 valence electrons. The Bertz CT molecular complexity index is 1280. The predicted molar refractivity (Wildman–Crippen MR) is 134 cm³/mol. The number of rotatable bonds is 6. The second-order valence-corrected chi connectivity index (χ2v) is 9.94. The largest absolute Gasteiger partial charge is 0.479 e. The summed E-state index contributed by atoms with van der Waals surface area (Å²) in [4.78, 5) is 29.5. The molecule has 0 radical (unpaired) electrons. The minimum absolute atomic E-state index is 0.155. The Morgan fingerprint density at radius 3 is 2.61 bits per heavy atom. The smallest absolute Gasteiger partial charge is 0.344 e. The summed E-state index contributed by atoms with van der Waals surface area (Å²) >= 11 is 6.86. The van der Waals surface area contributed by atoms with Crippen molar-refractivity contribution in [2.24, 2.45) is 5.10 Å². The predicted octanol–water partition coefficient (Wildman–Crippen LogP) is 5.70. The summed E-state index contributed by atoms with van der Waals surface area (Å²) in [7, 11) is 0. The molecule has 9 heteroatoms. The summed E-state index contributed by atoms with van der Waals surface area (Å²) < 4.78 is 8.55. The van der Waals surface area contributed by atoms with Crippen LogP contribution >= 0.6 is 31.9 Å².